The van der Waals surface area contributed by atoms with Crippen molar-refractivity contribution < 1.29 is 24.3 Å². The van der Waals surface area contributed by atoms with E-state index in [2.05, 4.69) is 20.9 Å². The van der Waals surface area contributed by atoms with Gasteiger partial charge in [-0.2, -0.15) is 0 Å². The first-order valence-electron chi connectivity index (χ1n) is 11.5. The number of hydrogen-bond acceptors (Lipinski definition) is 5. The zero-order valence-electron chi connectivity index (χ0n) is 20.1. The Morgan fingerprint density at radius 3 is 2.35 bits per heavy atom. The Labute approximate surface area is 199 Å². The van der Waals surface area contributed by atoms with E-state index < -0.39 is 41.8 Å². The number of aromatic amines is 1. The lowest BCUT2D eigenvalue weighted by molar-refractivity contribution is -0.143. The average Bonchev–Trinajstić information content (AvgIpc) is 3.21. The molecule has 10 heteroatoms. The minimum atomic E-state index is -1.14. The van der Waals surface area contributed by atoms with Crippen molar-refractivity contribution in [2.75, 3.05) is 6.54 Å². The fraction of sp³-hybridized carbons (Fsp3) is 0.500. The van der Waals surface area contributed by atoms with Gasteiger partial charge in [-0.3, -0.25) is 14.4 Å². The molecule has 1 heterocycles. The molecule has 0 saturated carbocycles. The maximum atomic E-state index is 13.1. The molecule has 0 bridgehead atoms. The molecule has 4 atom stereocenters. The van der Waals surface area contributed by atoms with Crippen molar-refractivity contribution in [3.05, 3.63) is 36.0 Å². The molecule has 0 aliphatic heterocycles. The standard InChI is InChI=1S/C24H35N5O5/c1-5-14(4)21(24(33)34)29-22(31)18(10-15-11-26-17-9-7-6-8-16(15)17)28-19(30)12-27-23(32)20(25)13(2)3/h6-9,11,13-14,18,20-21,26H,5,10,12,25H2,1-4H3,(H,27,32)(H,28,30)(H,29,31)(H,33,34). The van der Waals surface area contributed by atoms with Crippen molar-refractivity contribution in [1.29, 1.82) is 0 Å². The van der Waals surface area contributed by atoms with Gasteiger partial charge in [-0.25, -0.2) is 4.79 Å². The molecular weight excluding hydrogens is 438 g/mol. The van der Waals surface area contributed by atoms with Crippen LogP contribution in [-0.4, -0.2) is 58.5 Å². The molecule has 0 fully saturated rings. The van der Waals surface area contributed by atoms with Crippen LogP contribution in [0.5, 0.6) is 0 Å². The van der Waals surface area contributed by atoms with Crippen LogP contribution in [0.4, 0.5) is 0 Å². The van der Waals surface area contributed by atoms with E-state index in [-0.39, 0.29) is 24.8 Å². The second-order valence-electron chi connectivity index (χ2n) is 8.88. The zero-order valence-corrected chi connectivity index (χ0v) is 20.1. The summed E-state index contributed by atoms with van der Waals surface area (Å²) in [5.41, 5.74) is 7.46. The van der Waals surface area contributed by atoms with E-state index in [9.17, 15) is 24.3 Å². The minimum absolute atomic E-state index is 0.100. The Bertz CT molecular complexity index is 1020. The molecule has 34 heavy (non-hydrogen) atoms. The van der Waals surface area contributed by atoms with Crippen molar-refractivity contribution in [2.24, 2.45) is 17.6 Å². The van der Waals surface area contributed by atoms with Crippen molar-refractivity contribution in [3.63, 3.8) is 0 Å². The second kappa shape index (κ2) is 12.2. The summed E-state index contributed by atoms with van der Waals surface area (Å²) in [7, 11) is 0. The summed E-state index contributed by atoms with van der Waals surface area (Å²) in [4.78, 5) is 52.6. The molecule has 7 N–H and O–H groups in total. The first kappa shape index (κ1) is 26.8. The summed E-state index contributed by atoms with van der Waals surface area (Å²) in [5.74, 6) is -3.21. The Morgan fingerprint density at radius 2 is 1.74 bits per heavy atom. The van der Waals surface area contributed by atoms with Gasteiger partial charge in [0.2, 0.25) is 17.7 Å². The maximum absolute atomic E-state index is 13.1. The Balaban J connectivity index is 2.19. The van der Waals surface area contributed by atoms with Gasteiger partial charge in [-0.05, 0) is 23.5 Å². The Kier molecular flexibility index (Phi) is 9.61. The van der Waals surface area contributed by atoms with Gasteiger partial charge in [0.05, 0.1) is 12.6 Å². The summed E-state index contributed by atoms with van der Waals surface area (Å²) >= 11 is 0. The van der Waals surface area contributed by atoms with E-state index in [0.717, 1.165) is 16.5 Å². The third-order valence-electron chi connectivity index (χ3n) is 5.97. The first-order valence-corrected chi connectivity index (χ1v) is 11.5. The number of H-pyrrole nitrogens is 1. The van der Waals surface area contributed by atoms with Crippen LogP contribution < -0.4 is 21.7 Å². The molecule has 2 aromatic rings. The van der Waals surface area contributed by atoms with E-state index in [1.165, 1.54) is 0 Å². The number of hydrogen-bond donors (Lipinski definition) is 6. The Hall–Kier alpha value is -3.40. The molecule has 10 nitrogen and oxygen atoms in total. The number of benzene rings is 1. The van der Waals surface area contributed by atoms with Gasteiger partial charge in [0.1, 0.15) is 12.1 Å². The summed E-state index contributed by atoms with van der Waals surface area (Å²) < 4.78 is 0. The number of amides is 3. The van der Waals surface area contributed by atoms with Crippen LogP contribution in [0.25, 0.3) is 10.9 Å². The van der Waals surface area contributed by atoms with E-state index in [0.29, 0.717) is 6.42 Å². The van der Waals surface area contributed by atoms with E-state index in [4.69, 9.17) is 5.73 Å². The largest absolute Gasteiger partial charge is 0.480 e. The van der Waals surface area contributed by atoms with Crippen LogP contribution in [0, 0.1) is 11.8 Å². The van der Waals surface area contributed by atoms with Gasteiger partial charge in [0.15, 0.2) is 0 Å². The predicted octanol–water partition coefficient (Wildman–Crippen LogP) is 0.910. The summed E-state index contributed by atoms with van der Waals surface area (Å²) in [5, 5.41) is 18.1. The topological polar surface area (TPSA) is 166 Å². The molecule has 0 radical (unpaired) electrons. The highest BCUT2D eigenvalue weighted by Gasteiger charge is 2.30. The molecular formula is C24H35N5O5. The fourth-order valence-corrected chi connectivity index (χ4v) is 3.50. The predicted molar refractivity (Wildman–Crippen MR) is 129 cm³/mol. The molecule has 2 rings (SSSR count). The normalized spacial score (nSPS) is 14.8. The van der Waals surface area contributed by atoms with Crippen LogP contribution in [0.2, 0.25) is 0 Å². The fourth-order valence-electron chi connectivity index (χ4n) is 3.50. The van der Waals surface area contributed by atoms with Crippen LogP contribution >= 0.6 is 0 Å². The van der Waals surface area contributed by atoms with Crippen molar-refractivity contribution in [3.8, 4) is 0 Å². The van der Waals surface area contributed by atoms with Crippen LogP contribution in [0.3, 0.4) is 0 Å². The maximum Gasteiger partial charge on any atom is 0.326 e. The van der Waals surface area contributed by atoms with Gasteiger partial charge >= 0.3 is 5.97 Å². The van der Waals surface area contributed by atoms with Gasteiger partial charge in [-0.15, -0.1) is 0 Å². The quantitative estimate of drug-likeness (QED) is 0.268. The third kappa shape index (κ3) is 7.05. The lowest BCUT2D eigenvalue weighted by atomic mass is 9.98. The van der Waals surface area contributed by atoms with Crippen LogP contribution in [0.1, 0.15) is 39.7 Å². The molecule has 0 spiro atoms. The van der Waals surface area contributed by atoms with Crippen molar-refractivity contribution in [1.82, 2.24) is 20.9 Å². The zero-order chi connectivity index (χ0) is 25.4. The van der Waals surface area contributed by atoms with Gasteiger partial charge in [0, 0.05) is 23.5 Å². The first-order chi connectivity index (χ1) is 16.0. The third-order valence-corrected chi connectivity index (χ3v) is 5.97. The summed E-state index contributed by atoms with van der Waals surface area (Å²) in [6.45, 7) is 6.80. The number of aliphatic carboxylic acids is 1. The second-order valence-corrected chi connectivity index (χ2v) is 8.88. The monoisotopic (exact) mass is 473 g/mol. The SMILES string of the molecule is CCC(C)C(NC(=O)C(Cc1c[nH]c2ccccc12)NC(=O)CNC(=O)C(N)C(C)C)C(=O)O. The molecule has 3 amide bonds. The number of carboxylic acids is 1. The number of aromatic nitrogens is 1. The number of para-hydroxylation sites is 1. The highest BCUT2D eigenvalue weighted by Crippen LogP contribution is 2.19. The number of carbonyl (C=O) groups excluding carboxylic acids is 3. The van der Waals surface area contributed by atoms with E-state index >= 15 is 0 Å². The van der Waals surface area contributed by atoms with Crippen LogP contribution in [-0.2, 0) is 25.6 Å². The highest BCUT2D eigenvalue weighted by molar-refractivity contribution is 5.93. The van der Waals surface area contributed by atoms with Crippen LogP contribution in [0.15, 0.2) is 30.5 Å². The van der Waals surface area contributed by atoms with E-state index in [1.54, 1.807) is 27.0 Å². The number of rotatable bonds is 12. The number of carboxylic acid groups (broad SMARTS) is 1. The molecule has 4 unspecified atom stereocenters. The number of nitrogens with two attached hydrogens (primary N) is 1. The molecule has 1 aromatic heterocycles. The molecule has 186 valence electrons. The lowest BCUT2D eigenvalue weighted by Gasteiger charge is -2.24. The average molecular weight is 474 g/mol. The molecule has 0 aliphatic rings. The number of nitrogens with one attached hydrogen (secondary N) is 4. The lowest BCUT2D eigenvalue weighted by Crippen LogP contribution is -2.55. The van der Waals surface area contributed by atoms with Gasteiger partial charge in [-0.1, -0.05) is 52.3 Å². The van der Waals surface area contributed by atoms with Gasteiger partial charge < -0.3 is 31.8 Å². The molecule has 1 aromatic carbocycles. The number of fused-ring (bicyclic) bond motifs is 1. The smallest absolute Gasteiger partial charge is 0.326 e. The minimum Gasteiger partial charge on any atom is -0.480 e. The van der Waals surface area contributed by atoms with Gasteiger partial charge in [0.25, 0.3) is 0 Å². The summed E-state index contributed by atoms with van der Waals surface area (Å²) in [6.07, 6.45) is 2.44. The van der Waals surface area contributed by atoms with Crippen molar-refractivity contribution >= 4 is 34.6 Å². The van der Waals surface area contributed by atoms with E-state index in [1.807, 2.05) is 31.2 Å². The highest BCUT2D eigenvalue weighted by atomic mass is 16.4. The molecule has 0 saturated heterocycles. The molecule has 0 aliphatic carbocycles. The number of carbonyl (C=O) groups is 4. The van der Waals surface area contributed by atoms with Crippen molar-refractivity contribution in [2.45, 2.75) is 58.7 Å². The summed E-state index contributed by atoms with van der Waals surface area (Å²) in [6, 6.07) is 4.63. The Morgan fingerprint density at radius 1 is 1.06 bits per heavy atom.